The van der Waals surface area contributed by atoms with E-state index in [4.69, 9.17) is 0 Å². The average molecular weight is 253 g/mol. The Morgan fingerprint density at radius 2 is 1.89 bits per heavy atom. The van der Waals surface area contributed by atoms with Crippen LogP contribution in [0.5, 0.6) is 0 Å². The summed E-state index contributed by atoms with van der Waals surface area (Å²) < 4.78 is 0. The van der Waals surface area contributed by atoms with Gasteiger partial charge in [0.25, 0.3) is 0 Å². The summed E-state index contributed by atoms with van der Waals surface area (Å²) in [4.78, 5) is 4.54. The topological polar surface area (TPSA) is 12.9 Å². The first-order valence-corrected chi connectivity index (χ1v) is 7.36. The number of benzene rings is 1. The fraction of sp³-hybridized carbons (Fsp3) is 0.500. The highest BCUT2D eigenvalue weighted by Gasteiger charge is 2.38. The minimum atomic E-state index is 0.286. The van der Waals surface area contributed by atoms with Crippen molar-refractivity contribution in [3.05, 3.63) is 41.6 Å². The van der Waals surface area contributed by atoms with E-state index in [1.165, 1.54) is 35.8 Å². The van der Waals surface area contributed by atoms with E-state index >= 15 is 0 Å². The van der Waals surface area contributed by atoms with Crippen LogP contribution < -0.4 is 0 Å². The standard InChI is InChI=1S/C18H23N/c1-5-18(4)9-8-17(2,3)14-11-13-7-6-10-19-16(13)12-15(14)18/h6-7,10-12H,5,8-9H2,1-4H3. The van der Waals surface area contributed by atoms with Crippen LogP contribution in [0, 0.1) is 0 Å². The Kier molecular flexibility index (Phi) is 2.70. The van der Waals surface area contributed by atoms with Crippen molar-refractivity contribution in [2.75, 3.05) is 0 Å². The van der Waals surface area contributed by atoms with Crippen molar-refractivity contribution in [3.63, 3.8) is 0 Å². The third-order valence-corrected chi connectivity index (χ3v) is 5.20. The molecule has 1 unspecified atom stereocenters. The third kappa shape index (κ3) is 1.87. The van der Waals surface area contributed by atoms with E-state index in [0.717, 1.165) is 5.52 Å². The monoisotopic (exact) mass is 253 g/mol. The minimum absolute atomic E-state index is 0.286. The Balaban J connectivity index is 2.33. The molecule has 1 aliphatic rings. The van der Waals surface area contributed by atoms with Gasteiger partial charge >= 0.3 is 0 Å². The molecular weight excluding hydrogens is 230 g/mol. The molecule has 0 aliphatic heterocycles. The Morgan fingerprint density at radius 1 is 1.11 bits per heavy atom. The Morgan fingerprint density at radius 3 is 2.63 bits per heavy atom. The van der Waals surface area contributed by atoms with Crippen LogP contribution >= 0.6 is 0 Å². The number of hydrogen-bond donors (Lipinski definition) is 0. The number of rotatable bonds is 1. The molecule has 0 saturated carbocycles. The van der Waals surface area contributed by atoms with E-state index in [9.17, 15) is 0 Å². The SMILES string of the molecule is CCC1(C)CCC(C)(C)c2cc3cccnc3cc21. The number of nitrogens with zero attached hydrogens (tertiary/aromatic N) is 1. The van der Waals surface area contributed by atoms with Gasteiger partial charge in [0.2, 0.25) is 0 Å². The normalized spacial score (nSPS) is 25.3. The summed E-state index contributed by atoms with van der Waals surface area (Å²) in [5.74, 6) is 0. The Hall–Kier alpha value is -1.37. The molecule has 3 rings (SSSR count). The van der Waals surface area contributed by atoms with E-state index < -0.39 is 0 Å². The second kappa shape index (κ2) is 4.06. The van der Waals surface area contributed by atoms with E-state index in [2.05, 4.69) is 50.9 Å². The maximum atomic E-state index is 4.54. The molecule has 1 atom stereocenters. The van der Waals surface area contributed by atoms with Gasteiger partial charge in [0.1, 0.15) is 0 Å². The average Bonchev–Trinajstić information content (AvgIpc) is 2.42. The number of hydrogen-bond acceptors (Lipinski definition) is 1. The zero-order valence-electron chi connectivity index (χ0n) is 12.5. The number of fused-ring (bicyclic) bond motifs is 2. The molecule has 1 aromatic carbocycles. The summed E-state index contributed by atoms with van der Waals surface area (Å²) in [6, 6.07) is 8.93. The molecule has 0 fully saturated rings. The third-order valence-electron chi connectivity index (χ3n) is 5.20. The summed E-state index contributed by atoms with van der Waals surface area (Å²) in [6.07, 6.45) is 5.65. The van der Waals surface area contributed by atoms with Crippen molar-refractivity contribution in [1.29, 1.82) is 0 Å². The van der Waals surface area contributed by atoms with Gasteiger partial charge in [-0.15, -0.1) is 0 Å². The maximum absolute atomic E-state index is 4.54. The van der Waals surface area contributed by atoms with Gasteiger partial charge in [0, 0.05) is 11.6 Å². The molecule has 100 valence electrons. The Labute approximate surface area is 116 Å². The lowest BCUT2D eigenvalue weighted by molar-refractivity contribution is 0.305. The predicted octanol–water partition coefficient (Wildman–Crippen LogP) is 4.97. The smallest absolute Gasteiger partial charge is 0.0705 e. The maximum Gasteiger partial charge on any atom is 0.0705 e. The van der Waals surface area contributed by atoms with Crippen molar-refractivity contribution in [1.82, 2.24) is 4.98 Å². The van der Waals surface area contributed by atoms with Crippen molar-refractivity contribution < 1.29 is 0 Å². The summed E-state index contributed by atoms with van der Waals surface area (Å²) in [6.45, 7) is 9.48. The zero-order valence-corrected chi connectivity index (χ0v) is 12.5. The van der Waals surface area contributed by atoms with Crippen LogP contribution in [-0.2, 0) is 10.8 Å². The van der Waals surface area contributed by atoms with Crippen molar-refractivity contribution in [2.45, 2.75) is 57.8 Å². The molecule has 1 aromatic heterocycles. The van der Waals surface area contributed by atoms with Gasteiger partial charge in [-0.25, -0.2) is 0 Å². The van der Waals surface area contributed by atoms with Crippen LogP contribution in [0.1, 0.15) is 58.1 Å². The molecule has 0 spiro atoms. The summed E-state index contributed by atoms with van der Waals surface area (Å²) in [5.41, 5.74) is 4.80. The Bertz CT molecular complexity index is 627. The van der Waals surface area contributed by atoms with Crippen LogP contribution in [0.2, 0.25) is 0 Å². The van der Waals surface area contributed by atoms with Gasteiger partial charge in [-0.3, -0.25) is 4.98 Å². The molecule has 0 N–H and O–H groups in total. The van der Waals surface area contributed by atoms with Crippen LogP contribution in [0.4, 0.5) is 0 Å². The first-order chi connectivity index (χ1) is 8.96. The lowest BCUT2D eigenvalue weighted by Gasteiger charge is -2.43. The van der Waals surface area contributed by atoms with Gasteiger partial charge in [-0.05, 0) is 59.4 Å². The number of aromatic nitrogens is 1. The second-order valence-corrected chi connectivity index (χ2v) is 6.89. The fourth-order valence-corrected chi connectivity index (χ4v) is 3.40. The van der Waals surface area contributed by atoms with E-state index in [-0.39, 0.29) is 5.41 Å². The molecule has 2 aromatic rings. The van der Waals surface area contributed by atoms with E-state index in [1.54, 1.807) is 0 Å². The summed E-state index contributed by atoms with van der Waals surface area (Å²) >= 11 is 0. The quantitative estimate of drug-likeness (QED) is 0.699. The highest BCUT2D eigenvalue weighted by atomic mass is 14.6. The lowest BCUT2D eigenvalue weighted by Crippen LogP contribution is -2.35. The highest BCUT2D eigenvalue weighted by molar-refractivity contribution is 5.81. The molecule has 0 saturated heterocycles. The first-order valence-electron chi connectivity index (χ1n) is 7.36. The van der Waals surface area contributed by atoms with Gasteiger partial charge in [0.15, 0.2) is 0 Å². The van der Waals surface area contributed by atoms with Crippen molar-refractivity contribution >= 4 is 10.9 Å². The highest BCUT2D eigenvalue weighted by Crippen LogP contribution is 2.48. The first kappa shape index (κ1) is 12.7. The largest absolute Gasteiger partial charge is 0.256 e. The molecular formula is C18H23N. The van der Waals surface area contributed by atoms with E-state index in [1.807, 2.05) is 12.3 Å². The molecule has 19 heavy (non-hydrogen) atoms. The molecule has 0 radical (unpaired) electrons. The van der Waals surface area contributed by atoms with Gasteiger partial charge in [-0.2, -0.15) is 0 Å². The number of pyridine rings is 1. The lowest BCUT2D eigenvalue weighted by atomic mass is 9.61. The van der Waals surface area contributed by atoms with Crippen molar-refractivity contribution in [2.24, 2.45) is 0 Å². The fourth-order valence-electron chi connectivity index (χ4n) is 3.40. The predicted molar refractivity (Wildman–Crippen MR) is 81.6 cm³/mol. The van der Waals surface area contributed by atoms with Gasteiger partial charge < -0.3 is 0 Å². The summed E-state index contributed by atoms with van der Waals surface area (Å²) in [5, 5.41) is 1.27. The van der Waals surface area contributed by atoms with Crippen LogP contribution in [0.25, 0.3) is 10.9 Å². The minimum Gasteiger partial charge on any atom is -0.256 e. The molecule has 1 nitrogen and oxygen atoms in total. The van der Waals surface area contributed by atoms with E-state index in [0.29, 0.717) is 5.41 Å². The zero-order chi connectivity index (χ0) is 13.7. The van der Waals surface area contributed by atoms with Crippen LogP contribution in [-0.4, -0.2) is 4.98 Å². The molecule has 0 amide bonds. The molecule has 0 bridgehead atoms. The molecule has 1 aliphatic carbocycles. The van der Waals surface area contributed by atoms with Gasteiger partial charge in [0.05, 0.1) is 5.52 Å². The second-order valence-electron chi connectivity index (χ2n) is 6.89. The summed E-state index contributed by atoms with van der Waals surface area (Å²) in [7, 11) is 0. The molecule has 1 heterocycles. The molecule has 1 heteroatoms. The van der Waals surface area contributed by atoms with Crippen molar-refractivity contribution in [3.8, 4) is 0 Å². The van der Waals surface area contributed by atoms with Crippen LogP contribution in [0.15, 0.2) is 30.5 Å². The van der Waals surface area contributed by atoms with Gasteiger partial charge in [-0.1, -0.05) is 33.8 Å². The van der Waals surface area contributed by atoms with Crippen LogP contribution in [0.3, 0.4) is 0 Å².